The number of nitrogens with one attached hydrogen (secondary N) is 3. The van der Waals surface area contributed by atoms with Crippen LogP contribution in [0.15, 0.2) is 18.3 Å². The van der Waals surface area contributed by atoms with Crippen molar-refractivity contribution >= 4 is 22.8 Å². The number of carbonyl (C=O) groups excluding carboxylic acids is 1. The van der Waals surface area contributed by atoms with Crippen molar-refractivity contribution in [3.63, 3.8) is 0 Å². The maximum Gasteiger partial charge on any atom is 0.321 e. The highest BCUT2D eigenvalue weighted by atomic mass is 19.1. The van der Waals surface area contributed by atoms with Crippen molar-refractivity contribution in [3.8, 4) is 17.3 Å². The van der Waals surface area contributed by atoms with Gasteiger partial charge in [0.1, 0.15) is 0 Å². The Hall–Kier alpha value is -3.14. The van der Waals surface area contributed by atoms with Gasteiger partial charge >= 0.3 is 6.03 Å². The van der Waals surface area contributed by atoms with Gasteiger partial charge in [-0.25, -0.2) is 14.2 Å². The van der Waals surface area contributed by atoms with E-state index in [4.69, 9.17) is 4.74 Å². The van der Waals surface area contributed by atoms with Gasteiger partial charge in [0, 0.05) is 38.0 Å². The van der Waals surface area contributed by atoms with Gasteiger partial charge in [0.2, 0.25) is 0 Å². The zero-order chi connectivity index (χ0) is 21.8. The SMILES string of the molecule is CN(C)CCCOc1cc2[nH]c(-c3n[nH]cc3NC(=O)N3CCCCC3)nc2cc1F. The second kappa shape index (κ2) is 9.34. The summed E-state index contributed by atoms with van der Waals surface area (Å²) in [4.78, 5) is 24.0. The molecule has 0 radical (unpaired) electrons. The van der Waals surface area contributed by atoms with Gasteiger partial charge < -0.3 is 24.8 Å². The minimum absolute atomic E-state index is 0.155. The number of anilines is 1. The summed E-state index contributed by atoms with van der Waals surface area (Å²) in [5.41, 5.74) is 2.09. The lowest BCUT2D eigenvalue weighted by Crippen LogP contribution is -2.38. The number of amides is 2. The van der Waals surface area contributed by atoms with E-state index < -0.39 is 5.82 Å². The van der Waals surface area contributed by atoms with Crippen LogP contribution in [0.3, 0.4) is 0 Å². The highest BCUT2D eigenvalue weighted by Gasteiger charge is 2.20. The predicted octanol–water partition coefficient (Wildman–Crippen LogP) is 3.44. The largest absolute Gasteiger partial charge is 0.490 e. The minimum Gasteiger partial charge on any atom is -0.490 e. The van der Waals surface area contributed by atoms with Crippen LogP contribution in [0.5, 0.6) is 5.75 Å². The number of ether oxygens (including phenoxy) is 1. The highest BCUT2D eigenvalue weighted by Crippen LogP contribution is 2.29. The number of likely N-dealkylation sites (tertiary alicyclic amines) is 1. The second-order valence-electron chi connectivity index (χ2n) is 8.02. The molecular weight excluding hydrogens is 401 g/mol. The van der Waals surface area contributed by atoms with Gasteiger partial charge in [-0.2, -0.15) is 5.10 Å². The molecule has 2 aromatic heterocycles. The summed E-state index contributed by atoms with van der Waals surface area (Å²) in [6.07, 6.45) is 5.59. The van der Waals surface area contributed by atoms with Gasteiger partial charge in [0.25, 0.3) is 0 Å². The van der Waals surface area contributed by atoms with Gasteiger partial charge in [0.05, 0.1) is 23.3 Å². The lowest BCUT2D eigenvalue weighted by atomic mass is 10.1. The van der Waals surface area contributed by atoms with E-state index in [1.165, 1.54) is 6.07 Å². The Morgan fingerprint density at radius 3 is 2.87 bits per heavy atom. The third kappa shape index (κ3) is 4.96. The molecule has 0 bridgehead atoms. The topological polar surface area (TPSA) is 102 Å². The van der Waals surface area contributed by atoms with E-state index in [-0.39, 0.29) is 11.8 Å². The molecule has 3 N–H and O–H groups in total. The monoisotopic (exact) mass is 429 g/mol. The molecule has 1 aliphatic rings. The fourth-order valence-electron chi connectivity index (χ4n) is 3.65. The fourth-order valence-corrected chi connectivity index (χ4v) is 3.65. The van der Waals surface area contributed by atoms with Crippen molar-refractivity contribution in [2.45, 2.75) is 25.7 Å². The molecule has 31 heavy (non-hydrogen) atoms. The summed E-state index contributed by atoms with van der Waals surface area (Å²) in [5.74, 6) is 0.160. The molecule has 166 valence electrons. The van der Waals surface area contributed by atoms with Gasteiger partial charge in [-0.1, -0.05) is 0 Å². The van der Waals surface area contributed by atoms with Crippen LogP contribution in [0, 0.1) is 5.82 Å². The number of benzene rings is 1. The van der Waals surface area contributed by atoms with E-state index in [1.54, 1.807) is 17.2 Å². The van der Waals surface area contributed by atoms with Crippen molar-refractivity contribution in [2.24, 2.45) is 0 Å². The number of halogens is 1. The number of aromatic amines is 2. The van der Waals surface area contributed by atoms with E-state index in [0.29, 0.717) is 34.8 Å². The van der Waals surface area contributed by atoms with Gasteiger partial charge in [0.15, 0.2) is 23.1 Å². The van der Waals surface area contributed by atoms with Crippen LogP contribution < -0.4 is 10.1 Å². The normalized spacial score (nSPS) is 14.4. The van der Waals surface area contributed by atoms with Gasteiger partial charge in [-0.15, -0.1) is 0 Å². The number of piperidine rings is 1. The maximum absolute atomic E-state index is 14.4. The number of hydrogen-bond acceptors (Lipinski definition) is 5. The number of nitrogens with zero attached hydrogens (tertiary/aromatic N) is 4. The molecule has 1 saturated heterocycles. The van der Waals surface area contributed by atoms with Crippen molar-refractivity contribution in [3.05, 3.63) is 24.1 Å². The van der Waals surface area contributed by atoms with Crippen molar-refractivity contribution in [2.75, 3.05) is 45.7 Å². The van der Waals surface area contributed by atoms with Crippen LogP contribution >= 0.6 is 0 Å². The Morgan fingerprint density at radius 2 is 2.10 bits per heavy atom. The van der Waals surface area contributed by atoms with E-state index in [0.717, 1.165) is 45.3 Å². The number of hydrogen-bond donors (Lipinski definition) is 3. The first-order valence-corrected chi connectivity index (χ1v) is 10.6. The molecule has 0 aliphatic carbocycles. The Labute approximate surface area is 180 Å². The smallest absolute Gasteiger partial charge is 0.321 e. The number of fused-ring (bicyclic) bond motifs is 1. The first-order valence-electron chi connectivity index (χ1n) is 10.6. The quantitative estimate of drug-likeness (QED) is 0.500. The molecule has 0 unspecified atom stereocenters. The Balaban J connectivity index is 1.50. The summed E-state index contributed by atoms with van der Waals surface area (Å²) < 4.78 is 20.0. The van der Waals surface area contributed by atoms with Gasteiger partial charge in [-0.05, 0) is 39.8 Å². The standard InChI is InChI=1S/C21H28FN7O2/c1-28(2)7-6-10-31-18-12-16-15(11-14(18)22)24-20(25-16)19-17(13-23-27-19)26-21(30)29-8-4-3-5-9-29/h11-13H,3-10H2,1-2H3,(H,23,27)(H,24,25)(H,26,30). The van der Waals surface area contributed by atoms with E-state index in [2.05, 4.69) is 30.4 Å². The van der Waals surface area contributed by atoms with E-state index in [1.807, 2.05) is 14.1 Å². The highest BCUT2D eigenvalue weighted by molar-refractivity contribution is 5.93. The van der Waals surface area contributed by atoms with Crippen molar-refractivity contribution in [1.82, 2.24) is 30.0 Å². The number of imidazole rings is 1. The van der Waals surface area contributed by atoms with Crippen molar-refractivity contribution < 1.29 is 13.9 Å². The third-order valence-electron chi connectivity index (χ3n) is 5.29. The molecule has 0 saturated carbocycles. The van der Waals surface area contributed by atoms with Crippen LogP contribution in [-0.4, -0.2) is 76.3 Å². The fraction of sp³-hybridized carbons (Fsp3) is 0.476. The van der Waals surface area contributed by atoms with Crippen LogP contribution in [0.1, 0.15) is 25.7 Å². The van der Waals surface area contributed by atoms with Crippen LogP contribution in [0.2, 0.25) is 0 Å². The van der Waals surface area contributed by atoms with Crippen LogP contribution in [0.4, 0.5) is 14.9 Å². The second-order valence-corrected chi connectivity index (χ2v) is 8.02. The number of aromatic nitrogens is 4. The molecule has 2 amide bonds. The number of carbonyl (C=O) groups is 1. The molecule has 1 fully saturated rings. The maximum atomic E-state index is 14.4. The summed E-state index contributed by atoms with van der Waals surface area (Å²) in [6, 6.07) is 2.79. The van der Waals surface area contributed by atoms with E-state index in [9.17, 15) is 9.18 Å². The lowest BCUT2D eigenvalue weighted by Gasteiger charge is -2.26. The average Bonchev–Trinajstić information content (AvgIpc) is 3.37. The summed E-state index contributed by atoms with van der Waals surface area (Å²) in [6.45, 7) is 2.79. The Morgan fingerprint density at radius 1 is 1.29 bits per heavy atom. The van der Waals surface area contributed by atoms with Gasteiger partial charge in [-0.3, -0.25) is 5.10 Å². The molecule has 0 spiro atoms. The molecule has 4 rings (SSSR count). The van der Waals surface area contributed by atoms with Crippen LogP contribution in [-0.2, 0) is 0 Å². The lowest BCUT2D eigenvalue weighted by molar-refractivity contribution is 0.200. The Kier molecular flexibility index (Phi) is 6.36. The Bertz CT molecular complexity index is 1040. The zero-order valence-corrected chi connectivity index (χ0v) is 17.9. The number of rotatable bonds is 7. The molecule has 1 aliphatic heterocycles. The summed E-state index contributed by atoms with van der Waals surface area (Å²) >= 11 is 0. The zero-order valence-electron chi connectivity index (χ0n) is 17.9. The molecule has 10 heteroatoms. The molecule has 1 aromatic carbocycles. The first-order chi connectivity index (χ1) is 15.0. The van der Waals surface area contributed by atoms with Crippen LogP contribution in [0.25, 0.3) is 22.6 Å². The first kappa shape index (κ1) is 21.1. The minimum atomic E-state index is -0.462. The molecular formula is C21H28FN7O2. The molecule has 9 nitrogen and oxygen atoms in total. The van der Waals surface area contributed by atoms with Crippen molar-refractivity contribution in [1.29, 1.82) is 0 Å². The number of urea groups is 1. The predicted molar refractivity (Wildman–Crippen MR) is 117 cm³/mol. The molecule has 3 heterocycles. The summed E-state index contributed by atoms with van der Waals surface area (Å²) in [7, 11) is 3.97. The summed E-state index contributed by atoms with van der Waals surface area (Å²) in [5, 5.41) is 9.89. The molecule has 0 atom stereocenters. The van der Waals surface area contributed by atoms with E-state index >= 15 is 0 Å². The number of H-pyrrole nitrogens is 2. The molecule has 3 aromatic rings. The third-order valence-corrected chi connectivity index (χ3v) is 5.29. The average molecular weight is 430 g/mol.